The van der Waals surface area contributed by atoms with Crippen LogP contribution in [0.25, 0.3) is 0 Å². The molecule has 1 saturated carbocycles. The van der Waals surface area contributed by atoms with Crippen LogP contribution < -0.4 is 5.32 Å². The van der Waals surface area contributed by atoms with Gasteiger partial charge in [-0.1, -0.05) is 31.4 Å². The van der Waals surface area contributed by atoms with Crippen LogP contribution in [0.1, 0.15) is 50.6 Å². The lowest BCUT2D eigenvalue weighted by molar-refractivity contribution is 0.331. The maximum Gasteiger partial charge on any atom is 0.115 e. The third kappa shape index (κ3) is 3.74. The van der Waals surface area contributed by atoms with Crippen LogP contribution >= 0.6 is 0 Å². The van der Waals surface area contributed by atoms with Crippen molar-refractivity contribution in [1.29, 1.82) is 0 Å². The van der Waals surface area contributed by atoms with E-state index in [0.717, 1.165) is 12.5 Å². The maximum absolute atomic E-state index is 9.45. The summed E-state index contributed by atoms with van der Waals surface area (Å²) in [7, 11) is 0. The summed E-state index contributed by atoms with van der Waals surface area (Å²) >= 11 is 0. The molecule has 0 heterocycles. The first-order chi connectivity index (χ1) is 8.25. The van der Waals surface area contributed by atoms with Gasteiger partial charge in [-0.2, -0.15) is 0 Å². The molecular formula is C15H23NO. The number of benzene rings is 1. The molecule has 0 saturated heterocycles. The van der Waals surface area contributed by atoms with E-state index in [2.05, 4.69) is 18.3 Å². The van der Waals surface area contributed by atoms with E-state index in [1.54, 1.807) is 6.07 Å². The number of hydrogen-bond acceptors (Lipinski definition) is 2. The standard InChI is InChI=1S/C15H23NO/c1-12(14-8-5-9-15(17)10-14)16-11-13-6-3-2-4-7-13/h5,8-10,12-13,16-17H,2-4,6-7,11H2,1H3. The highest BCUT2D eigenvalue weighted by atomic mass is 16.3. The lowest BCUT2D eigenvalue weighted by Crippen LogP contribution is -2.27. The largest absolute Gasteiger partial charge is 0.508 e. The summed E-state index contributed by atoms with van der Waals surface area (Å²) in [4.78, 5) is 0. The molecule has 1 aromatic rings. The van der Waals surface area contributed by atoms with Crippen molar-refractivity contribution in [1.82, 2.24) is 5.32 Å². The third-order valence-corrected chi connectivity index (χ3v) is 3.81. The SMILES string of the molecule is CC(NCC1CCCCC1)c1cccc(O)c1. The Morgan fingerprint density at radius 1 is 1.29 bits per heavy atom. The Morgan fingerprint density at radius 2 is 2.06 bits per heavy atom. The number of aromatic hydroxyl groups is 1. The highest BCUT2D eigenvalue weighted by Gasteiger charge is 2.14. The van der Waals surface area contributed by atoms with E-state index in [9.17, 15) is 5.11 Å². The Morgan fingerprint density at radius 3 is 2.76 bits per heavy atom. The van der Waals surface area contributed by atoms with Gasteiger partial charge in [-0.15, -0.1) is 0 Å². The molecule has 0 amide bonds. The van der Waals surface area contributed by atoms with Gasteiger partial charge in [0, 0.05) is 6.04 Å². The molecule has 0 radical (unpaired) electrons. The number of phenolic OH excluding ortho intramolecular Hbond substituents is 1. The molecule has 0 aliphatic heterocycles. The molecule has 1 aliphatic rings. The van der Waals surface area contributed by atoms with Crippen LogP contribution in [0.5, 0.6) is 5.75 Å². The minimum Gasteiger partial charge on any atom is -0.508 e. The van der Waals surface area contributed by atoms with Crippen LogP contribution in [0.15, 0.2) is 24.3 Å². The topological polar surface area (TPSA) is 32.3 Å². The van der Waals surface area contributed by atoms with Crippen molar-refractivity contribution >= 4 is 0 Å². The zero-order valence-electron chi connectivity index (χ0n) is 10.7. The number of nitrogens with one attached hydrogen (secondary N) is 1. The Hall–Kier alpha value is -1.02. The van der Waals surface area contributed by atoms with Crippen molar-refractivity contribution in [2.45, 2.75) is 45.1 Å². The molecule has 2 heteroatoms. The zero-order valence-corrected chi connectivity index (χ0v) is 10.7. The van der Waals surface area contributed by atoms with Gasteiger partial charge in [0.25, 0.3) is 0 Å². The summed E-state index contributed by atoms with van der Waals surface area (Å²) in [5, 5.41) is 13.0. The third-order valence-electron chi connectivity index (χ3n) is 3.81. The first-order valence-electron chi connectivity index (χ1n) is 6.78. The summed E-state index contributed by atoms with van der Waals surface area (Å²) in [5.74, 6) is 1.21. The van der Waals surface area contributed by atoms with Crippen LogP contribution in [0.3, 0.4) is 0 Å². The normalized spacial score (nSPS) is 19.1. The van der Waals surface area contributed by atoms with Crippen molar-refractivity contribution in [2.75, 3.05) is 6.54 Å². The highest BCUT2D eigenvalue weighted by molar-refractivity contribution is 5.28. The van der Waals surface area contributed by atoms with Crippen LogP contribution in [-0.4, -0.2) is 11.7 Å². The van der Waals surface area contributed by atoms with Gasteiger partial charge >= 0.3 is 0 Å². The Balaban J connectivity index is 1.82. The van der Waals surface area contributed by atoms with E-state index in [0.29, 0.717) is 11.8 Å². The smallest absolute Gasteiger partial charge is 0.115 e. The molecular weight excluding hydrogens is 210 g/mol. The molecule has 2 rings (SSSR count). The van der Waals surface area contributed by atoms with Gasteiger partial charge in [0.2, 0.25) is 0 Å². The summed E-state index contributed by atoms with van der Waals surface area (Å²) in [6, 6.07) is 7.86. The molecule has 2 nitrogen and oxygen atoms in total. The first kappa shape index (κ1) is 12.4. The second-order valence-electron chi connectivity index (χ2n) is 5.23. The summed E-state index contributed by atoms with van der Waals surface area (Å²) < 4.78 is 0. The molecule has 94 valence electrons. The predicted molar refractivity (Wildman–Crippen MR) is 71.1 cm³/mol. The number of rotatable bonds is 4. The summed E-state index contributed by atoms with van der Waals surface area (Å²) in [6.45, 7) is 3.27. The number of hydrogen-bond donors (Lipinski definition) is 2. The Bertz CT molecular complexity index is 345. The van der Waals surface area contributed by atoms with Crippen LogP contribution in [0.2, 0.25) is 0 Å². The van der Waals surface area contributed by atoms with Crippen LogP contribution in [0, 0.1) is 5.92 Å². The predicted octanol–water partition coefficient (Wildman–Crippen LogP) is 3.62. The van der Waals surface area contributed by atoms with Crippen molar-refractivity contribution in [3.8, 4) is 5.75 Å². The molecule has 2 N–H and O–H groups in total. The van der Waals surface area contributed by atoms with Gasteiger partial charge in [-0.3, -0.25) is 0 Å². The fourth-order valence-electron chi connectivity index (χ4n) is 2.65. The van der Waals surface area contributed by atoms with Crippen molar-refractivity contribution in [3.63, 3.8) is 0 Å². The minimum atomic E-state index is 0.323. The van der Waals surface area contributed by atoms with Gasteiger partial charge in [0.1, 0.15) is 5.75 Å². The van der Waals surface area contributed by atoms with E-state index in [4.69, 9.17) is 0 Å². The molecule has 1 aromatic carbocycles. The fourth-order valence-corrected chi connectivity index (χ4v) is 2.65. The summed E-state index contributed by atoms with van der Waals surface area (Å²) in [5.41, 5.74) is 1.17. The second-order valence-corrected chi connectivity index (χ2v) is 5.23. The molecule has 1 unspecified atom stereocenters. The van der Waals surface area contributed by atoms with Crippen molar-refractivity contribution < 1.29 is 5.11 Å². The van der Waals surface area contributed by atoms with Gasteiger partial charge in [-0.25, -0.2) is 0 Å². The molecule has 0 spiro atoms. The summed E-state index contributed by atoms with van der Waals surface area (Å²) in [6.07, 6.45) is 6.96. The molecule has 1 atom stereocenters. The van der Waals surface area contributed by atoms with E-state index >= 15 is 0 Å². The molecule has 1 aliphatic carbocycles. The van der Waals surface area contributed by atoms with E-state index in [1.807, 2.05) is 12.1 Å². The molecule has 0 aromatic heterocycles. The molecule has 0 bridgehead atoms. The van der Waals surface area contributed by atoms with Gasteiger partial charge in [-0.05, 0) is 49.9 Å². The fraction of sp³-hybridized carbons (Fsp3) is 0.600. The van der Waals surface area contributed by atoms with E-state index < -0.39 is 0 Å². The lowest BCUT2D eigenvalue weighted by atomic mass is 9.89. The van der Waals surface area contributed by atoms with Crippen molar-refractivity contribution in [2.24, 2.45) is 5.92 Å². The Labute approximate surface area is 104 Å². The number of phenols is 1. The monoisotopic (exact) mass is 233 g/mol. The quantitative estimate of drug-likeness (QED) is 0.832. The second kappa shape index (κ2) is 6.06. The van der Waals surface area contributed by atoms with Gasteiger partial charge < -0.3 is 10.4 Å². The highest BCUT2D eigenvalue weighted by Crippen LogP contribution is 2.24. The zero-order chi connectivity index (χ0) is 12.1. The average Bonchev–Trinajstić information content (AvgIpc) is 2.37. The Kier molecular flexibility index (Phi) is 4.43. The van der Waals surface area contributed by atoms with E-state index in [-0.39, 0.29) is 0 Å². The van der Waals surface area contributed by atoms with Crippen LogP contribution in [-0.2, 0) is 0 Å². The maximum atomic E-state index is 9.45. The van der Waals surface area contributed by atoms with Crippen LogP contribution in [0.4, 0.5) is 0 Å². The average molecular weight is 233 g/mol. The minimum absolute atomic E-state index is 0.323. The lowest BCUT2D eigenvalue weighted by Gasteiger charge is -2.24. The molecule has 17 heavy (non-hydrogen) atoms. The van der Waals surface area contributed by atoms with Gasteiger partial charge in [0.15, 0.2) is 0 Å². The van der Waals surface area contributed by atoms with E-state index in [1.165, 1.54) is 37.7 Å². The van der Waals surface area contributed by atoms with Crippen molar-refractivity contribution in [3.05, 3.63) is 29.8 Å². The van der Waals surface area contributed by atoms with Gasteiger partial charge in [0.05, 0.1) is 0 Å². The molecule has 1 fully saturated rings. The first-order valence-corrected chi connectivity index (χ1v) is 6.78.